The molecule has 0 aromatic carbocycles. The van der Waals surface area contributed by atoms with Crippen LogP contribution in [0.2, 0.25) is 0 Å². The number of carboxylic acids is 1. The Morgan fingerprint density at radius 2 is 2.14 bits per heavy atom. The Hall–Kier alpha value is -1.29. The zero-order valence-corrected chi connectivity index (χ0v) is 8.82. The lowest BCUT2D eigenvalue weighted by molar-refractivity contribution is 0.0684. The Kier molecular flexibility index (Phi) is 3.30. The summed E-state index contributed by atoms with van der Waals surface area (Å²) < 4.78 is 1.82. The van der Waals surface area contributed by atoms with Crippen LogP contribution >= 0.6 is 0 Å². The molecule has 1 rings (SSSR count). The lowest BCUT2D eigenvalue weighted by Crippen LogP contribution is -2.21. The van der Waals surface area contributed by atoms with Crippen LogP contribution in [0.5, 0.6) is 0 Å². The SMILES string of the molecule is Cc1ccc(C(=O)O)n1CCN(C)C. The first-order valence-electron chi connectivity index (χ1n) is 4.56. The van der Waals surface area contributed by atoms with Crippen LogP contribution < -0.4 is 0 Å². The van der Waals surface area contributed by atoms with Crippen LogP contribution in [0.1, 0.15) is 16.2 Å². The summed E-state index contributed by atoms with van der Waals surface area (Å²) in [6.45, 7) is 3.48. The Balaban J connectivity index is 2.83. The number of likely N-dealkylation sites (N-methyl/N-ethyl adjacent to an activating group) is 1. The fourth-order valence-electron chi connectivity index (χ4n) is 1.35. The number of aryl methyl sites for hydroxylation is 1. The first kappa shape index (κ1) is 10.8. The predicted molar refractivity (Wildman–Crippen MR) is 54.7 cm³/mol. The van der Waals surface area contributed by atoms with Crippen LogP contribution in [-0.2, 0) is 6.54 Å². The molecule has 0 amide bonds. The Labute approximate surface area is 83.8 Å². The molecule has 4 heteroatoms. The van der Waals surface area contributed by atoms with Crippen molar-refractivity contribution in [2.75, 3.05) is 20.6 Å². The summed E-state index contributed by atoms with van der Waals surface area (Å²) in [6.07, 6.45) is 0. The van der Waals surface area contributed by atoms with Crippen molar-refractivity contribution < 1.29 is 9.90 Å². The van der Waals surface area contributed by atoms with Crippen molar-refractivity contribution in [2.24, 2.45) is 0 Å². The highest BCUT2D eigenvalue weighted by Gasteiger charge is 2.11. The number of aromatic carboxylic acids is 1. The first-order valence-corrected chi connectivity index (χ1v) is 4.56. The molecule has 0 aliphatic rings. The van der Waals surface area contributed by atoms with Crippen molar-refractivity contribution in [3.63, 3.8) is 0 Å². The molecule has 1 N–H and O–H groups in total. The smallest absolute Gasteiger partial charge is 0.352 e. The molecule has 1 aromatic rings. The number of hydrogen-bond donors (Lipinski definition) is 1. The predicted octanol–water partition coefficient (Wildman–Crippen LogP) is 1.06. The topological polar surface area (TPSA) is 45.5 Å². The third-order valence-corrected chi connectivity index (χ3v) is 2.19. The largest absolute Gasteiger partial charge is 0.477 e. The highest BCUT2D eigenvalue weighted by molar-refractivity contribution is 5.86. The maximum absolute atomic E-state index is 10.8. The van der Waals surface area contributed by atoms with Gasteiger partial charge in [0.25, 0.3) is 0 Å². The van der Waals surface area contributed by atoms with Crippen molar-refractivity contribution in [1.82, 2.24) is 9.47 Å². The van der Waals surface area contributed by atoms with E-state index in [1.165, 1.54) is 0 Å². The molecule has 14 heavy (non-hydrogen) atoms. The third kappa shape index (κ3) is 2.35. The molecule has 4 nitrogen and oxygen atoms in total. The normalized spacial score (nSPS) is 10.9. The number of carbonyl (C=O) groups is 1. The van der Waals surface area contributed by atoms with Gasteiger partial charge in [-0.05, 0) is 33.2 Å². The van der Waals surface area contributed by atoms with Crippen LogP contribution in [-0.4, -0.2) is 41.2 Å². The summed E-state index contributed by atoms with van der Waals surface area (Å²) in [4.78, 5) is 12.9. The van der Waals surface area contributed by atoms with Gasteiger partial charge in [-0.25, -0.2) is 4.79 Å². The summed E-state index contributed by atoms with van der Waals surface area (Å²) >= 11 is 0. The van der Waals surface area contributed by atoms with Crippen LogP contribution in [0.3, 0.4) is 0 Å². The van der Waals surface area contributed by atoms with E-state index >= 15 is 0 Å². The second kappa shape index (κ2) is 4.28. The molecule has 0 saturated carbocycles. The fraction of sp³-hybridized carbons (Fsp3) is 0.500. The van der Waals surface area contributed by atoms with Crippen molar-refractivity contribution >= 4 is 5.97 Å². The molecule has 0 saturated heterocycles. The van der Waals surface area contributed by atoms with Gasteiger partial charge in [0, 0.05) is 18.8 Å². The van der Waals surface area contributed by atoms with E-state index in [1.807, 2.05) is 36.6 Å². The molecule has 0 bridgehead atoms. The number of carboxylic acid groups (broad SMARTS) is 1. The van der Waals surface area contributed by atoms with Gasteiger partial charge in [-0.1, -0.05) is 0 Å². The highest BCUT2D eigenvalue weighted by Crippen LogP contribution is 2.08. The van der Waals surface area contributed by atoms with E-state index in [0.29, 0.717) is 12.2 Å². The molecule has 1 aromatic heterocycles. The minimum atomic E-state index is -0.864. The lowest BCUT2D eigenvalue weighted by Gasteiger charge is -2.13. The van der Waals surface area contributed by atoms with E-state index in [9.17, 15) is 4.79 Å². The summed E-state index contributed by atoms with van der Waals surface area (Å²) in [5.74, 6) is -0.864. The van der Waals surface area contributed by atoms with Gasteiger partial charge in [0.1, 0.15) is 5.69 Å². The number of aromatic nitrogens is 1. The first-order chi connectivity index (χ1) is 6.52. The standard InChI is InChI=1S/C10H16N2O2/c1-8-4-5-9(10(13)14)12(8)7-6-11(2)3/h4-5H,6-7H2,1-3H3,(H,13,14). The van der Waals surface area contributed by atoms with E-state index < -0.39 is 5.97 Å². The van der Waals surface area contributed by atoms with Gasteiger partial charge in [-0.3, -0.25) is 0 Å². The number of rotatable bonds is 4. The monoisotopic (exact) mass is 196 g/mol. The van der Waals surface area contributed by atoms with Crippen LogP contribution in [0, 0.1) is 6.92 Å². The molecule has 0 aliphatic carbocycles. The minimum absolute atomic E-state index is 0.365. The Bertz CT molecular complexity index is 329. The molecule has 0 atom stereocenters. The van der Waals surface area contributed by atoms with Crippen molar-refractivity contribution in [3.05, 3.63) is 23.5 Å². The summed E-state index contributed by atoms with van der Waals surface area (Å²) in [7, 11) is 3.94. The minimum Gasteiger partial charge on any atom is -0.477 e. The van der Waals surface area contributed by atoms with Crippen molar-refractivity contribution in [2.45, 2.75) is 13.5 Å². The average molecular weight is 196 g/mol. The molecule has 0 unspecified atom stereocenters. The van der Waals surface area contributed by atoms with Crippen LogP contribution in [0.15, 0.2) is 12.1 Å². The van der Waals surface area contributed by atoms with Gasteiger partial charge in [0.05, 0.1) is 0 Å². The Morgan fingerprint density at radius 3 is 2.64 bits per heavy atom. The molecule has 0 fully saturated rings. The van der Waals surface area contributed by atoms with E-state index in [-0.39, 0.29) is 0 Å². The second-order valence-electron chi connectivity index (χ2n) is 3.62. The molecular weight excluding hydrogens is 180 g/mol. The van der Waals surface area contributed by atoms with E-state index in [2.05, 4.69) is 0 Å². The third-order valence-electron chi connectivity index (χ3n) is 2.19. The fourth-order valence-corrected chi connectivity index (χ4v) is 1.35. The summed E-state index contributed by atoms with van der Waals surface area (Å²) in [6, 6.07) is 3.48. The van der Waals surface area contributed by atoms with Gasteiger partial charge in [-0.2, -0.15) is 0 Å². The quantitative estimate of drug-likeness (QED) is 0.783. The van der Waals surface area contributed by atoms with Gasteiger partial charge in [-0.15, -0.1) is 0 Å². The maximum Gasteiger partial charge on any atom is 0.352 e. The van der Waals surface area contributed by atoms with E-state index in [0.717, 1.165) is 12.2 Å². The van der Waals surface area contributed by atoms with Gasteiger partial charge < -0.3 is 14.6 Å². The zero-order chi connectivity index (χ0) is 10.7. The molecule has 0 aliphatic heterocycles. The molecule has 0 spiro atoms. The zero-order valence-electron chi connectivity index (χ0n) is 8.82. The highest BCUT2D eigenvalue weighted by atomic mass is 16.4. The Morgan fingerprint density at radius 1 is 1.50 bits per heavy atom. The van der Waals surface area contributed by atoms with E-state index in [1.54, 1.807) is 6.07 Å². The average Bonchev–Trinajstić information content (AvgIpc) is 2.43. The van der Waals surface area contributed by atoms with Gasteiger partial charge in [0.2, 0.25) is 0 Å². The van der Waals surface area contributed by atoms with Crippen molar-refractivity contribution in [3.8, 4) is 0 Å². The summed E-state index contributed by atoms with van der Waals surface area (Å²) in [5.41, 5.74) is 1.36. The van der Waals surface area contributed by atoms with E-state index in [4.69, 9.17) is 5.11 Å². The molecule has 1 heterocycles. The van der Waals surface area contributed by atoms with Crippen LogP contribution in [0.4, 0.5) is 0 Å². The maximum atomic E-state index is 10.8. The van der Waals surface area contributed by atoms with Gasteiger partial charge >= 0.3 is 5.97 Å². The molecule has 0 radical (unpaired) electrons. The second-order valence-corrected chi connectivity index (χ2v) is 3.62. The number of hydrogen-bond acceptors (Lipinski definition) is 2. The molecule has 78 valence electrons. The molecular formula is C10H16N2O2. The summed E-state index contributed by atoms with van der Waals surface area (Å²) in [5, 5.41) is 8.91. The van der Waals surface area contributed by atoms with Crippen molar-refractivity contribution in [1.29, 1.82) is 0 Å². The van der Waals surface area contributed by atoms with Crippen LogP contribution in [0.25, 0.3) is 0 Å². The lowest BCUT2D eigenvalue weighted by atomic mass is 10.4. The van der Waals surface area contributed by atoms with Gasteiger partial charge in [0.15, 0.2) is 0 Å². The number of nitrogens with zero attached hydrogens (tertiary/aromatic N) is 2.